The Morgan fingerprint density at radius 2 is 1.74 bits per heavy atom. The lowest BCUT2D eigenvalue weighted by atomic mass is 10.0. The minimum atomic E-state index is -5.11. The summed E-state index contributed by atoms with van der Waals surface area (Å²) in [4.78, 5) is 21.4. The van der Waals surface area contributed by atoms with Gasteiger partial charge in [0, 0.05) is 0 Å². The molecule has 1 aromatic carbocycles. The van der Waals surface area contributed by atoms with Crippen molar-refractivity contribution in [3.05, 3.63) is 35.6 Å². The van der Waals surface area contributed by atoms with Crippen molar-refractivity contribution in [1.29, 1.82) is 0 Å². The number of carbonyl (C=O) groups is 2. The van der Waals surface area contributed by atoms with Crippen LogP contribution in [0, 0.1) is 5.82 Å². The maximum atomic E-state index is 12.7. The van der Waals surface area contributed by atoms with Crippen LogP contribution >= 0.6 is 0 Å². The first kappa shape index (κ1) is 14.9. The summed E-state index contributed by atoms with van der Waals surface area (Å²) in [5.41, 5.74) is 0.0707. The molecule has 0 heterocycles. The second-order valence-corrected chi connectivity index (χ2v) is 3.67. The standard InChI is InChI=1S/C11H9F4NO3/c12-7-3-1-6(2-4-7)8(5-9(17)18)16-10(19)11(13,14)15/h1-4,8H,5H2,(H,16,19)(H,17,18). The molecular weight excluding hydrogens is 270 g/mol. The fourth-order valence-corrected chi connectivity index (χ4v) is 1.36. The number of hydrogen-bond acceptors (Lipinski definition) is 2. The van der Waals surface area contributed by atoms with Gasteiger partial charge in [0.05, 0.1) is 12.5 Å². The lowest BCUT2D eigenvalue weighted by Crippen LogP contribution is -2.39. The third kappa shape index (κ3) is 4.57. The summed E-state index contributed by atoms with van der Waals surface area (Å²) >= 11 is 0. The van der Waals surface area contributed by atoms with Crippen LogP contribution in [0.4, 0.5) is 17.6 Å². The molecule has 0 spiro atoms. The first-order valence-electron chi connectivity index (χ1n) is 5.05. The monoisotopic (exact) mass is 279 g/mol. The van der Waals surface area contributed by atoms with Crippen LogP contribution in [0.3, 0.4) is 0 Å². The van der Waals surface area contributed by atoms with E-state index in [1.165, 1.54) is 0 Å². The topological polar surface area (TPSA) is 66.4 Å². The molecule has 1 rings (SSSR count). The number of nitrogens with one attached hydrogen (secondary N) is 1. The zero-order chi connectivity index (χ0) is 14.6. The van der Waals surface area contributed by atoms with Gasteiger partial charge in [0.15, 0.2) is 0 Å². The van der Waals surface area contributed by atoms with Gasteiger partial charge in [0.25, 0.3) is 0 Å². The molecule has 0 fully saturated rings. The molecule has 1 atom stereocenters. The number of halogens is 4. The molecule has 2 N–H and O–H groups in total. The molecule has 0 radical (unpaired) electrons. The number of hydrogen-bond donors (Lipinski definition) is 2. The summed E-state index contributed by atoms with van der Waals surface area (Å²) < 4.78 is 49.0. The number of carboxylic acids is 1. The predicted octanol–water partition coefficient (Wildman–Crippen LogP) is 2.02. The fraction of sp³-hybridized carbons (Fsp3) is 0.273. The van der Waals surface area contributed by atoms with Crippen LogP contribution in [0.1, 0.15) is 18.0 Å². The van der Waals surface area contributed by atoms with Crippen molar-refractivity contribution in [2.75, 3.05) is 0 Å². The van der Waals surface area contributed by atoms with E-state index >= 15 is 0 Å². The van der Waals surface area contributed by atoms with Crippen LogP contribution in [0.25, 0.3) is 0 Å². The van der Waals surface area contributed by atoms with Crippen molar-refractivity contribution in [1.82, 2.24) is 5.32 Å². The SMILES string of the molecule is O=C(O)CC(NC(=O)C(F)(F)F)c1ccc(F)cc1. The molecule has 1 unspecified atom stereocenters. The van der Waals surface area contributed by atoms with Gasteiger partial charge in [-0.3, -0.25) is 9.59 Å². The maximum Gasteiger partial charge on any atom is 0.471 e. The smallest absolute Gasteiger partial charge is 0.471 e. The van der Waals surface area contributed by atoms with Crippen molar-refractivity contribution in [3.8, 4) is 0 Å². The first-order chi connectivity index (χ1) is 8.70. The van der Waals surface area contributed by atoms with Gasteiger partial charge in [0.2, 0.25) is 0 Å². The van der Waals surface area contributed by atoms with Crippen molar-refractivity contribution in [3.63, 3.8) is 0 Å². The molecule has 8 heteroatoms. The molecule has 0 bridgehead atoms. The van der Waals surface area contributed by atoms with Gasteiger partial charge in [0.1, 0.15) is 5.82 Å². The minimum absolute atomic E-state index is 0.0707. The Morgan fingerprint density at radius 1 is 1.21 bits per heavy atom. The van der Waals surface area contributed by atoms with Gasteiger partial charge in [-0.05, 0) is 17.7 Å². The van der Waals surface area contributed by atoms with E-state index in [0.717, 1.165) is 24.3 Å². The van der Waals surface area contributed by atoms with Crippen LogP contribution in [-0.4, -0.2) is 23.2 Å². The van der Waals surface area contributed by atoms with Crippen molar-refractivity contribution in [2.24, 2.45) is 0 Å². The van der Waals surface area contributed by atoms with Crippen molar-refractivity contribution >= 4 is 11.9 Å². The summed E-state index contributed by atoms with van der Waals surface area (Å²) in [6.45, 7) is 0. The highest BCUT2D eigenvalue weighted by atomic mass is 19.4. The van der Waals surface area contributed by atoms with Crippen molar-refractivity contribution < 1.29 is 32.3 Å². The van der Waals surface area contributed by atoms with Gasteiger partial charge in [-0.25, -0.2) is 4.39 Å². The average molecular weight is 279 g/mol. The minimum Gasteiger partial charge on any atom is -0.481 e. The third-order valence-corrected chi connectivity index (χ3v) is 2.21. The number of alkyl halides is 3. The number of carboxylic acid groups (broad SMARTS) is 1. The van der Waals surface area contributed by atoms with Gasteiger partial charge in [-0.2, -0.15) is 13.2 Å². The summed E-state index contributed by atoms with van der Waals surface area (Å²) in [5, 5.41) is 10.2. The van der Waals surface area contributed by atoms with E-state index in [2.05, 4.69) is 0 Å². The molecule has 1 amide bonds. The highest BCUT2D eigenvalue weighted by molar-refractivity contribution is 5.82. The van der Waals surface area contributed by atoms with Crippen LogP contribution in [0.5, 0.6) is 0 Å². The van der Waals surface area contributed by atoms with Crippen LogP contribution in [0.15, 0.2) is 24.3 Å². The van der Waals surface area contributed by atoms with E-state index < -0.39 is 36.3 Å². The molecule has 0 aliphatic carbocycles. The van der Waals surface area contributed by atoms with E-state index in [4.69, 9.17) is 5.11 Å². The molecule has 19 heavy (non-hydrogen) atoms. The van der Waals surface area contributed by atoms with Crippen LogP contribution in [0.2, 0.25) is 0 Å². The van der Waals surface area contributed by atoms with E-state index in [0.29, 0.717) is 0 Å². The lowest BCUT2D eigenvalue weighted by Gasteiger charge is -2.18. The zero-order valence-electron chi connectivity index (χ0n) is 9.37. The molecule has 1 aromatic rings. The van der Waals surface area contributed by atoms with E-state index in [1.54, 1.807) is 5.32 Å². The van der Waals surface area contributed by atoms with Crippen LogP contribution < -0.4 is 5.32 Å². The molecular formula is C11H9F4NO3. The van der Waals surface area contributed by atoms with Gasteiger partial charge in [-0.15, -0.1) is 0 Å². The fourth-order valence-electron chi connectivity index (χ4n) is 1.36. The molecule has 104 valence electrons. The Bertz CT molecular complexity index is 470. The highest BCUT2D eigenvalue weighted by Gasteiger charge is 2.40. The summed E-state index contributed by atoms with van der Waals surface area (Å²) in [5.74, 6) is -4.26. The zero-order valence-corrected chi connectivity index (χ0v) is 9.37. The number of amides is 1. The Labute approximate surface area is 105 Å². The number of rotatable bonds is 4. The number of carbonyl (C=O) groups excluding carboxylic acids is 1. The quantitative estimate of drug-likeness (QED) is 0.829. The molecule has 0 saturated heterocycles. The van der Waals surface area contributed by atoms with E-state index in [1.807, 2.05) is 0 Å². The lowest BCUT2D eigenvalue weighted by molar-refractivity contribution is -0.174. The number of benzene rings is 1. The average Bonchev–Trinajstić information content (AvgIpc) is 2.27. The Hall–Kier alpha value is -2.12. The second-order valence-electron chi connectivity index (χ2n) is 3.67. The first-order valence-corrected chi connectivity index (χ1v) is 5.05. The molecule has 0 saturated carbocycles. The predicted molar refractivity (Wildman–Crippen MR) is 55.6 cm³/mol. The van der Waals surface area contributed by atoms with Crippen LogP contribution in [-0.2, 0) is 9.59 Å². The Kier molecular flexibility index (Phi) is 4.47. The summed E-state index contributed by atoms with van der Waals surface area (Å²) in [6.07, 6.45) is -5.86. The highest BCUT2D eigenvalue weighted by Crippen LogP contribution is 2.21. The molecule has 0 aliphatic heterocycles. The number of aliphatic carboxylic acids is 1. The summed E-state index contributed by atoms with van der Waals surface area (Å²) in [7, 11) is 0. The van der Waals surface area contributed by atoms with Gasteiger partial charge < -0.3 is 10.4 Å². The normalized spacial score (nSPS) is 12.8. The van der Waals surface area contributed by atoms with E-state index in [-0.39, 0.29) is 5.56 Å². The second kappa shape index (κ2) is 5.68. The molecule has 4 nitrogen and oxygen atoms in total. The van der Waals surface area contributed by atoms with Crippen molar-refractivity contribution in [2.45, 2.75) is 18.6 Å². The Balaban J connectivity index is 2.92. The third-order valence-electron chi connectivity index (χ3n) is 2.21. The molecule has 0 aromatic heterocycles. The Morgan fingerprint density at radius 3 is 2.16 bits per heavy atom. The largest absolute Gasteiger partial charge is 0.481 e. The molecule has 0 aliphatic rings. The van der Waals surface area contributed by atoms with Gasteiger partial charge >= 0.3 is 18.1 Å². The van der Waals surface area contributed by atoms with Gasteiger partial charge in [-0.1, -0.05) is 12.1 Å². The van der Waals surface area contributed by atoms with E-state index in [9.17, 15) is 27.2 Å². The maximum absolute atomic E-state index is 12.7. The summed E-state index contributed by atoms with van der Waals surface area (Å²) in [6, 6.07) is 2.76.